The molecule has 0 spiro atoms. The third-order valence-corrected chi connectivity index (χ3v) is 2.37. The molecule has 0 aliphatic heterocycles. The van der Waals surface area contributed by atoms with Crippen molar-refractivity contribution in [1.29, 1.82) is 0 Å². The van der Waals surface area contributed by atoms with Gasteiger partial charge >= 0.3 is 5.97 Å². The molecule has 0 rings (SSSR count). The molecular formula is C10H21NO2. The van der Waals surface area contributed by atoms with E-state index in [1.54, 1.807) is 0 Å². The topological polar surface area (TPSA) is 63.3 Å². The van der Waals surface area contributed by atoms with Gasteiger partial charge in [0, 0.05) is 12.5 Å². The molecule has 0 aromatic carbocycles. The van der Waals surface area contributed by atoms with Crippen molar-refractivity contribution in [2.24, 2.45) is 17.6 Å². The Labute approximate surface area is 80.3 Å². The van der Waals surface area contributed by atoms with Crippen molar-refractivity contribution in [2.75, 3.05) is 0 Å². The van der Waals surface area contributed by atoms with Crippen LogP contribution in [0.1, 0.15) is 40.0 Å². The lowest BCUT2D eigenvalue weighted by atomic mass is 9.94. The quantitative estimate of drug-likeness (QED) is 0.667. The molecule has 0 unspecified atom stereocenters. The van der Waals surface area contributed by atoms with Crippen LogP contribution in [-0.2, 0) is 4.79 Å². The molecule has 0 aromatic heterocycles. The summed E-state index contributed by atoms with van der Waals surface area (Å²) in [4.78, 5) is 10.4. The van der Waals surface area contributed by atoms with Crippen LogP contribution < -0.4 is 5.73 Å². The van der Waals surface area contributed by atoms with Gasteiger partial charge in [-0.25, -0.2) is 0 Å². The van der Waals surface area contributed by atoms with Crippen molar-refractivity contribution in [3.05, 3.63) is 0 Å². The highest BCUT2D eigenvalue weighted by molar-refractivity contribution is 5.66. The number of rotatable bonds is 6. The number of hydrogen-bond acceptors (Lipinski definition) is 2. The number of nitrogens with two attached hydrogens (primary N) is 1. The molecule has 0 fully saturated rings. The van der Waals surface area contributed by atoms with E-state index in [0.717, 1.165) is 12.8 Å². The normalized spacial score (nSPS) is 15.8. The molecule has 0 heterocycles. The van der Waals surface area contributed by atoms with E-state index < -0.39 is 5.97 Å². The number of carboxylic acids is 1. The average molecular weight is 187 g/mol. The van der Waals surface area contributed by atoms with Gasteiger partial charge in [0.2, 0.25) is 0 Å². The van der Waals surface area contributed by atoms with Gasteiger partial charge in [-0.05, 0) is 24.7 Å². The fourth-order valence-electron chi connectivity index (χ4n) is 1.21. The summed E-state index contributed by atoms with van der Waals surface area (Å²) < 4.78 is 0. The molecular weight excluding hydrogens is 166 g/mol. The van der Waals surface area contributed by atoms with Crippen LogP contribution in [0.15, 0.2) is 0 Å². The molecule has 0 aromatic rings. The first-order chi connectivity index (χ1) is 5.93. The summed E-state index contributed by atoms with van der Waals surface area (Å²) in [6.45, 7) is 6.14. The molecule has 0 saturated carbocycles. The largest absolute Gasteiger partial charge is 0.481 e. The van der Waals surface area contributed by atoms with Crippen molar-refractivity contribution in [3.63, 3.8) is 0 Å². The molecule has 0 aliphatic carbocycles. The predicted octanol–water partition coefficient (Wildman–Crippen LogP) is 1.86. The molecule has 78 valence electrons. The van der Waals surface area contributed by atoms with E-state index in [9.17, 15) is 4.79 Å². The Balaban J connectivity index is 3.57. The van der Waals surface area contributed by atoms with E-state index in [4.69, 9.17) is 10.8 Å². The van der Waals surface area contributed by atoms with Crippen LogP contribution >= 0.6 is 0 Å². The monoisotopic (exact) mass is 187 g/mol. The minimum Gasteiger partial charge on any atom is -0.481 e. The Bertz CT molecular complexity index is 157. The lowest BCUT2D eigenvalue weighted by Crippen LogP contribution is -2.26. The summed E-state index contributed by atoms with van der Waals surface area (Å²) in [5, 5.41) is 8.53. The van der Waals surface area contributed by atoms with E-state index in [2.05, 4.69) is 13.8 Å². The minimum absolute atomic E-state index is 0.205. The summed E-state index contributed by atoms with van der Waals surface area (Å²) in [5.41, 5.74) is 5.85. The van der Waals surface area contributed by atoms with Crippen molar-refractivity contribution in [3.8, 4) is 0 Å². The van der Waals surface area contributed by atoms with Crippen molar-refractivity contribution in [2.45, 2.75) is 46.1 Å². The fraction of sp³-hybridized carbons (Fsp3) is 0.900. The second-order valence-electron chi connectivity index (χ2n) is 4.19. The molecule has 0 saturated heterocycles. The zero-order chi connectivity index (χ0) is 10.4. The number of carboxylic acid groups (broad SMARTS) is 1. The van der Waals surface area contributed by atoms with E-state index in [1.807, 2.05) is 6.92 Å². The summed E-state index contributed by atoms with van der Waals surface area (Å²) in [6.07, 6.45) is 2.09. The summed E-state index contributed by atoms with van der Waals surface area (Å²) >= 11 is 0. The number of carbonyl (C=O) groups is 1. The molecule has 3 heteroatoms. The lowest BCUT2D eigenvalue weighted by Gasteiger charge is -2.17. The summed E-state index contributed by atoms with van der Waals surface area (Å²) in [5.74, 6) is 0.00458. The van der Waals surface area contributed by atoms with Crippen LogP contribution in [0.4, 0.5) is 0 Å². The fourth-order valence-corrected chi connectivity index (χ4v) is 1.21. The minimum atomic E-state index is -0.717. The summed E-state index contributed by atoms with van der Waals surface area (Å²) in [7, 11) is 0. The average Bonchev–Trinajstić information content (AvgIpc) is 1.98. The Hall–Kier alpha value is -0.570. The van der Waals surface area contributed by atoms with Gasteiger partial charge in [-0.15, -0.1) is 0 Å². The maximum atomic E-state index is 10.4. The molecule has 0 bridgehead atoms. The highest BCUT2D eigenvalue weighted by atomic mass is 16.4. The molecule has 2 atom stereocenters. The van der Waals surface area contributed by atoms with Gasteiger partial charge in [0.05, 0.1) is 0 Å². The van der Waals surface area contributed by atoms with Gasteiger partial charge in [0.25, 0.3) is 0 Å². The van der Waals surface area contributed by atoms with E-state index in [0.29, 0.717) is 5.92 Å². The number of hydrogen-bond donors (Lipinski definition) is 2. The van der Waals surface area contributed by atoms with E-state index in [1.165, 1.54) is 0 Å². The van der Waals surface area contributed by atoms with Crippen molar-refractivity contribution >= 4 is 5.97 Å². The van der Waals surface area contributed by atoms with E-state index in [-0.39, 0.29) is 18.4 Å². The first kappa shape index (κ1) is 12.4. The molecule has 3 nitrogen and oxygen atoms in total. The Kier molecular flexibility index (Phi) is 5.71. The van der Waals surface area contributed by atoms with E-state index >= 15 is 0 Å². The molecule has 0 aliphatic rings. The molecule has 3 N–H and O–H groups in total. The Morgan fingerprint density at radius 2 is 1.85 bits per heavy atom. The second-order valence-corrected chi connectivity index (χ2v) is 4.19. The van der Waals surface area contributed by atoms with Crippen LogP contribution in [0.5, 0.6) is 0 Å². The van der Waals surface area contributed by atoms with Gasteiger partial charge in [-0.3, -0.25) is 4.79 Å². The van der Waals surface area contributed by atoms with Gasteiger partial charge in [0.1, 0.15) is 0 Å². The predicted molar refractivity (Wildman–Crippen MR) is 53.5 cm³/mol. The van der Waals surface area contributed by atoms with Gasteiger partial charge in [-0.2, -0.15) is 0 Å². The van der Waals surface area contributed by atoms with Crippen molar-refractivity contribution in [1.82, 2.24) is 0 Å². The molecule has 13 heavy (non-hydrogen) atoms. The van der Waals surface area contributed by atoms with Crippen LogP contribution in [0, 0.1) is 11.8 Å². The second kappa shape index (κ2) is 5.97. The summed E-state index contributed by atoms with van der Waals surface area (Å²) in [6, 6.07) is 0.205. The first-order valence-electron chi connectivity index (χ1n) is 4.90. The maximum absolute atomic E-state index is 10.4. The first-order valence-corrected chi connectivity index (χ1v) is 4.90. The van der Waals surface area contributed by atoms with Gasteiger partial charge in [0.15, 0.2) is 0 Å². The third kappa shape index (κ3) is 6.58. The smallest absolute Gasteiger partial charge is 0.303 e. The van der Waals surface area contributed by atoms with Crippen LogP contribution in [0.2, 0.25) is 0 Å². The van der Waals surface area contributed by atoms with Crippen LogP contribution in [0.3, 0.4) is 0 Å². The van der Waals surface area contributed by atoms with Crippen LogP contribution in [0.25, 0.3) is 0 Å². The zero-order valence-corrected chi connectivity index (χ0v) is 8.79. The standard InChI is InChI=1S/C10H21NO2/c1-7(2)9(11)5-4-8(3)6-10(12)13/h7-9H,4-6,11H2,1-3H3,(H,12,13)/t8-,9+/m1/s1. The maximum Gasteiger partial charge on any atom is 0.303 e. The third-order valence-electron chi connectivity index (χ3n) is 2.37. The highest BCUT2D eigenvalue weighted by Crippen LogP contribution is 2.14. The number of aliphatic carboxylic acids is 1. The molecule has 0 radical (unpaired) electrons. The lowest BCUT2D eigenvalue weighted by molar-refractivity contribution is -0.138. The van der Waals surface area contributed by atoms with Gasteiger partial charge in [-0.1, -0.05) is 20.8 Å². The zero-order valence-electron chi connectivity index (χ0n) is 8.79. The Morgan fingerprint density at radius 3 is 2.23 bits per heavy atom. The Morgan fingerprint density at radius 1 is 1.31 bits per heavy atom. The SMILES string of the molecule is CC(C)[C@@H](N)CC[C@@H](C)CC(=O)O. The van der Waals surface area contributed by atoms with Crippen molar-refractivity contribution < 1.29 is 9.90 Å². The van der Waals surface area contributed by atoms with Crippen LogP contribution in [-0.4, -0.2) is 17.1 Å². The molecule has 0 amide bonds. The van der Waals surface area contributed by atoms with Gasteiger partial charge < -0.3 is 10.8 Å². The highest BCUT2D eigenvalue weighted by Gasteiger charge is 2.12.